The van der Waals surface area contributed by atoms with E-state index in [0.29, 0.717) is 34.9 Å². The van der Waals surface area contributed by atoms with Gasteiger partial charge in [0.05, 0.1) is 10.9 Å². The van der Waals surface area contributed by atoms with Crippen molar-refractivity contribution in [2.45, 2.75) is 40.2 Å². The van der Waals surface area contributed by atoms with E-state index in [4.69, 9.17) is 11.6 Å². The highest BCUT2D eigenvalue weighted by Gasteiger charge is 2.15. The van der Waals surface area contributed by atoms with Gasteiger partial charge >= 0.3 is 0 Å². The lowest BCUT2D eigenvalue weighted by Crippen LogP contribution is -2.20. The number of nitrogens with one attached hydrogen (secondary N) is 2. The molecule has 0 bridgehead atoms. The number of nitrogens with zero attached hydrogens (tertiary/aromatic N) is 2. The summed E-state index contributed by atoms with van der Waals surface area (Å²) in [6, 6.07) is 5.56. The van der Waals surface area contributed by atoms with E-state index >= 15 is 0 Å². The van der Waals surface area contributed by atoms with Crippen LogP contribution in [0.3, 0.4) is 0 Å². The molecule has 0 fully saturated rings. The Morgan fingerprint density at radius 3 is 2.87 bits per heavy atom. The van der Waals surface area contributed by atoms with Crippen molar-refractivity contribution in [3.8, 4) is 0 Å². The van der Waals surface area contributed by atoms with Gasteiger partial charge in [-0.15, -0.1) is 0 Å². The van der Waals surface area contributed by atoms with Gasteiger partial charge in [-0.2, -0.15) is 5.10 Å². The molecule has 2 aromatic heterocycles. The molecular weight excluding hydrogens is 400 g/mol. The van der Waals surface area contributed by atoms with E-state index in [2.05, 4.69) is 47.6 Å². The highest BCUT2D eigenvalue weighted by Crippen LogP contribution is 2.25. The van der Waals surface area contributed by atoms with Crippen LogP contribution in [0, 0.1) is 12.8 Å². The number of aromatic nitrogens is 3. The van der Waals surface area contributed by atoms with Crippen molar-refractivity contribution in [2.75, 3.05) is 6.54 Å². The number of carbonyl (C=O) groups is 1. The van der Waals surface area contributed by atoms with Gasteiger partial charge in [-0.05, 0) is 49.5 Å². The van der Waals surface area contributed by atoms with Crippen LogP contribution in [-0.4, -0.2) is 27.7 Å². The van der Waals surface area contributed by atoms with Gasteiger partial charge in [-0.1, -0.05) is 43.7 Å². The third-order valence-electron chi connectivity index (χ3n) is 5.14. The number of benzene rings is 1. The number of carbonyl (C=O) groups excluding carboxylic acids is 1. The zero-order valence-corrected chi connectivity index (χ0v) is 18.3. The van der Waals surface area contributed by atoms with Crippen LogP contribution in [0.15, 0.2) is 46.8 Å². The summed E-state index contributed by atoms with van der Waals surface area (Å²) in [5, 5.41) is 12.0. The molecule has 0 spiro atoms. The van der Waals surface area contributed by atoms with Gasteiger partial charge < -0.3 is 9.88 Å². The lowest BCUT2D eigenvalue weighted by Gasteiger charge is -2.10. The number of hydrogen-bond donors (Lipinski definition) is 2. The van der Waals surface area contributed by atoms with E-state index < -0.39 is 0 Å². The van der Waals surface area contributed by atoms with Gasteiger partial charge in [0.25, 0.3) is 5.56 Å². The summed E-state index contributed by atoms with van der Waals surface area (Å²) in [4.78, 5) is 22.5. The number of H-pyrrole nitrogens is 1. The topological polar surface area (TPSA) is 79.8 Å². The molecule has 3 aromatic rings. The molecule has 0 radical (unpaired) electrons. The molecule has 1 aromatic carbocycles. The molecule has 6 nitrogen and oxygen atoms in total. The third kappa shape index (κ3) is 4.65. The first-order valence-electron chi connectivity index (χ1n) is 10.2. The molecule has 1 aliphatic rings. The van der Waals surface area contributed by atoms with E-state index in [1.54, 1.807) is 10.6 Å². The van der Waals surface area contributed by atoms with Crippen molar-refractivity contribution < 1.29 is 4.79 Å². The van der Waals surface area contributed by atoms with Crippen molar-refractivity contribution in [3.63, 3.8) is 0 Å². The van der Waals surface area contributed by atoms with Crippen LogP contribution < -0.4 is 10.9 Å². The second-order valence-electron chi connectivity index (χ2n) is 7.54. The third-order valence-corrected chi connectivity index (χ3v) is 5.37. The molecule has 7 heteroatoms. The van der Waals surface area contributed by atoms with E-state index in [0.717, 1.165) is 35.8 Å². The number of pyridine rings is 1. The number of aromatic amines is 1. The Bertz CT molecular complexity index is 1170. The average Bonchev–Trinajstić information content (AvgIpc) is 3.13. The molecule has 0 aliphatic heterocycles. The SMILES string of the molecule is CC1C=CC(CNC=O)=CC1.CCCn1c(=O)c2c(C)[nH]nc2c2cc(Cl)ccc21. The molecule has 0 saturated heterocycles. The summed E-state index contributed by atoms with van der Waals surface area (Å²) < 4.78 is 1.80. The van der Waals surface area contributed by atoms with E-state index in [9.17, 15) is 9.59 Å². The van der Waals surface area contributed by atoms with E-state index in [1.807, 2.05) is 19.1 Å². The molecule has 0 saturated carbocycles. The van der Waals surface area contributed by atoms with Crippen LogP contribution in [0.1, 0.15) is 32.4 Å². The van der Waals surface area contributed by atoms with Crippen molar-refractivity contribution in [1.29, 1.82) is 0 Å². The Balaban J connectivity index is 0.000000199. The summed E-state index contributed by atoms with van der Waals surface area (Å²) in [7, 11) is 0. The smallest absolute Gasteiger partial charge is 0.262 e. The van der Waals surface area contributed by atoms with Gasteiger partial charge in [-0.3, -0.25) is 14.7 Å². The number of allylic oxidation sites excluding steroid dienone is 2. The van der Waals surface area contributed by atoms with Crippen LogP contribution in [-0.2, 0) is 11.3 Å². The van der Waals surface area contributed by atoms with E-state index in [-0.39, 0.29) is 5.56 Å². The van der Waals surface area contributed by atoms with Crippen LogP contribution >= 0.6 is 11.6 Å². The minimum atomic E-state index is 0.0120. The van der Waals surface area contributed by atoms with Crippen LogP contribution in [0.25, 0.3) is 21.8 Å². The van der Waals surface area contributed by atoms with Gasteiger partial charge in [0.15, 0.2) is 0 Å². The molecule has 1 unspecified atom stereocenters. The highest BCUT2D eigenvalue weighted by molar-refractivity contribution is 6.31. The number of halogens is 1. The molecule has 2 N–H and O–H groups in total. The van der Waals surface area contributed by atoms with Crippen molar-refractivity contribution in [1.82, 2.24) is 20.1 Å². The summed E-state index contributed by atoms with van der Waals surface area (Å²) in [6.07, 6.45) is 9.13. The van der Waals surface area contributed by atoms with Gasteiger partial charge in [-0.25, -0.2) is 0 Å². The van der Waals surface area contributed by atoms with Crippen LogP contribution in [0.4, 0.5) is 0 Å². The maximum absolute atomic E-state index is 12.6. The quantitative estimate of drug-likeness (QED) is 0.589. The number of fused-ring (bicyclic) bond motifs is 3. The average molecular weight is 427 g/mol. The lowest BCUT2D eigenvalue weighted by molar-refractivity contribution is -0.109. The molecule has 4 rings (SSSR count). The molecule has 1 aliphatic carbocycles. The summed E-state index contributed by atoms with van der Waals surface area (Å²) >= 11 is 6.07. The van der Waals surface area contributed by atoms with Gasteiger partial charge in [0, 0.05) is 29.2 Å². The molecule has 2 heterocycles. The first kappa shape index (κ1) is 21.8. The number of hydrogen-bond acceptors (Lipinski definition) is 3. The Morgan fingerprint density at radius 1 is 1.40 bits per heavy atom. The zero-order chi connectivity index (χ0) is 21.7. The number of aryl methyl sites for hydroxylation is 2. The van der Waals surface area contributed by atoms with Crippen molar-refractivity contribution in [2.24, 2.45) is 5.92 Å². The predicted molar refractivity (Wildman–Crippen MR) is 123 cm³/mol. The predicted octanol–water partition coefficient (Wildman–Crippen LogP) is 4.50. The molecular formula is C23H27ClN4O2. The Hall–Kier alpha value is -2.86. The Kier molecular flexibility index (Phi) is 7.11. The second kappa shape index (κ2) is 9.76. The zero-order valence-electron chi connectivity index (χ0n) is 17.5. The fourth-order valence-electron chi connectivity index (χ4n) is 3.57. The second-order valence-corrected chi connectivity index (χ2v) is 7.98. The lowest BCUT2D eigenvalue weighted by atomic mass is 9.99. The minimum Gasteiger partial charge on any atom is -0.355 e. The fraction of sp³-hybridized carbons (Fsp3) is 0.348. The van der Waals surface area contributed by atoms with Gasteiger partial charge in [0.2, 0.25) is 6.41 Å². The summed E-state index contributed by atoms with van der Waals surface area (Å²) in [5.41, 5.74) is 3.60. The first-order valence-corrected chi connectivity index (χ1v) is 10.5. The minimum absolute atomic E-state index is 0.0120. The van der Waals surface area contributed by atoms with Crippen molar-refractivity contribution in [3.05, 3.63) is 63.1 Å². The summed E-state index contributed by atoms with van der Waals surface area (Å²) in [5.74, 6) is 0.648. The van der Waals surface area contributed by atoms with Gasteiger partial charge in [0.1, 0.15) is 5.52 Å². The maximum Gasteiger partial charge on any atom is 0.262 e. The van der Waals surface area contributed by atoms with Crippen molar-refractivity contribution >= 4 is 39.8 Å². The normalized spacial score (nSPS) is 15.6. The highest BCUT2D eigenvalue weighted by atomic mass is 35.5. The Morgan fingerprint density at radius 2 is 2.20 bits per heavy atom. The molecule has 158 valence electrons. The molecule has 1 amide bonds. The molecule has 30 heavy (non-hydrogen) atoms. The largest absolute Gasteiger partial charge is 0.355 e. The Labute approximate surface area is 180 Å². The maximum atomic E-state index is 12.6. The standard InChI is InChI=1S/C14H14ClN3O.C9H13NO/c1-3-6-18-11-5-4-9(15)7-10(11)13-12(14(18)19)8(2)16-17-13;1-8-2-4-9(5-3-8)6-10-7-11/h4-5,7H,3,6H2,1-2H3,(H,16,17);2,4-5,7-8H,3,6H2,1H3,(H,10,11). The number of amides is 1. The summed E-state index contributed by atoms with van der Waals surface area (Å²) in [6.45, 7) is 7.45. The van der Waals surface area contributed by atoms with E-state index in [1.165, 1.54) is 5.57 Å². The first-order chi connectivity index (χ1) is 14.5. The van der Waals surface area contributed by atoms with Crippen LogP contribution in [0.2, 0.25) is 5.02 Å². The molecule has 1 atom stereocenters. The monoisotopic (exact) mass is 426 g/mol. The fourth-order valence-corrected chi connectivity index (χ4v) is 3.74. The number of rotatable bonds is 5. The van der Waals surface area contributed by atoms with Crippen LogP contribution in [0.5, 0.6) is 0 Å².